The molecular formula is C15H19NO4. The number of nitrogens with zero attached hydrogens (tertiary/aromatic N) is 1. The summed E-state index contributed by atoms with van der Waals surface area (Å²) in [4.78, 5) is 25.3. The fourth-order valence-electron chi connectivity index (χ4n) is 2.25. The first kappa shape index (κ1) is 14.4. The van der Waals surface area contributed by atoms with Crippen molar-refractivity contribution in [3.05, 3.63) is 30.3 Å². The molecule has 0 unspecified atom stereocenters. The highest BCUT2D eigenvalue weighted by Crippen LogP contribution is 2.19. The van der Waals surface area contributed by atoms with Crippen LogP contribution in [0.2, 0.25) is 0 Å². The Labute approximate surface area is 118 Å². The Balaban J connectivity index is 1.91. The molecule has 1 heterocycles. The molecule has 0 bridgehead atoms. The van der Waals surface area contributed by atoms with Crippen molar-refractivity contribution >= 4 is 12.1 Å². The zero-order chi connectivity index (χ0) is 14.4. The van der Waals surface area contributed by atoms with Gasteiger partial charge in [0.05, 0.1) is 12.5 Å². The summed E-state index contributed by atoms with van der Waals surface area (Å²) in [5, 5.41) is 0. The monoisotopic (exact) mass is 277 g/mol. The number of amides is 1. The van der Waals surface area contributed by atoms with Gasteiger partial charge in [-0.2, -0.15) is 0 Å². The average Bonchev–Trinajstić information content (AvgIpc) is 2.48. The summed E-state index contributed by atoms with van der Waals surface area (Å²) in [6.07, 6.45) is 1.13. The minimum absolute atomic E-state index is 0.232. The summed E-state index contributed by atoms with van der Waals surface area (Å²) in [5.74, 6) is 0.0347. The number of esters is 1. The lowest BCUT2D eigenvalue weighted by Crippen LogP contribution is -2.44. The Bertz CT molecular complexity index is 460. The predicted molar refractivity (Wildman–Crippen MR) is 73.4 cm³/mol. The molecule has 0 radical (unpaired) electrons. The topological polar surface area (TPSA) is 55.8 Å². The van der Waals surface area contributed by atoms with Gasteiger partial charge in [-0.05, 0) is 31.9 Å². The van der Waals surface area contributed by atoms with Gasteiger partial charge in [-0.15, -0.1) is 0 Å². The van der Waals surface area contributed by atoms with Gasteiger partial charge in [-0.3, -0.25) is 4.79 Å². The molecule has 1 atom stereocenters. The van der Waals surface area contributed by atoms with Crippen LogP contribution in [0.15, 0.2) is 30.3 Å². The highest BCUT2D eigenvalue weighted by molar-refractivity contribution is 5.75. The predicted octanol–water partition coefficient (Wildman–Crippen LogP) is 2.46. The molecule has 0 spiro atoms. The molecule has 1 fully saturated rings. The van der Waals surface area contributed by atoms with Gasteiger partial charge in [0.25, 0.3) is 0 Å². The van der Waals surface area contributed by atoms with Crippen LogP contribution in [0.25, 0.3) is 0 Å². The van der Waals surface area contributed by atoms with E-state index in [1.807, 2.05) is 6.07 Å². The number of hydrogen-bond donors (Lipinski definition) is 0. The van der Waals surface area contributed by atoms with Gasteiger partial charge >= 0.3 is 12.1 Å². The average molecular weight is 277 g/mol. The van der Waals surface area contributed by atoms with Crippen molar-refractivity contribution in [1.82, 2.24) is 4.90 Å². The van der Waals surface area contributed by atoms with Crippen LogP contribution in [0.4, 0.5) is 4.79 Å². The molecule has 0 aromatic heterocycles. The van der Waals surface area contributed by atoms with E-state index < -0.39 is 6.09 Å². The van der Waals surface area contributed by atoms with Crippen LogP contribution in [-0.4, -0.2) is 36.7 Å². The van der Waals surface area contributed by atoms with Crippen LogP contribution in [-0.2, 0) is 9.53 Å². The Hall–Kier alpha value is -2.04. The molecule has 1 aromatic carbocycles. The van der Waals surface area contributed by atoms with E-state index in [2.05, 4.69) is 0 Å². The van der Waals surface area contributed by atoms with Gasteiger partial charge in [-0.1, -0.05) is 18.2 Å². The normalized spacial score (nSPS) is 18.4. The van der Waals surface area contributed by atoms with Gasteiger partial charge in [0.2, 0.25) is 0 Å². The van der Waals surface area contributed by atoms with Gasteiger partial charge in [0.15, 0.2) is 0 Å². The maximum Gasteiger partial charge on any atom is 0.415 e. The molecule has 5 nitrogen and oxygen atoms in total. The molecule has 1 aliphatic heterocycles. The van der Waals surface area contributed by atoms with E-state index in [0.29, 0.717) is 25.4 Å². The summed E-state index contributed by atoms with van der Waals surface area (Å²) in [5.41, 5.74) is 0. The molecular weight excluding hydrogens is 258 g/mol. The number of rotatable bonds is 3. The quantitative estimate of drug-likeness (QED) is 0.796. The number of hydrogen-bond acceptors (Lipinski definition) is 4. The largest absolute Gasteiger partial charge is 0.466 e. The molecule has 5 heteroatoms. The summed E-state index contributed by atoms with van der Waals surface area (Å²) >= 11 is 0. The number of likely N-dealkylation sites (tertiary alicyclic amines) is 1. The summed E-state index contributed by atoms with van der Waals surface area (Å²) in [7, 11) is 0. The van der Waals surface area contributed by atoms with Gasteiger partial charge in [0.1, 0.15) is 5.75 Å². The summed E-state index contributed by atoms with van der Waals surface area (Å²) in [6.45, 7) is 3.12. The Kier molecular flexibility index (Phi) is 4.98. The lowest BCUT2D eigenvalue weighted by Gasteiger charge is -2.30. The maximum absolute atomic E-state index is 12.0. The lowest BCUT2D eigenvalue weighted by atomic mass is 9.99. The molecule has 0 N–H and O–H groups in total. The SMILES string of the molecule is CCOC(=O)[C@@H]1CCCN(C(=O)Oc2ccccc2)C1. The van der Waals surface area contributed by atoms with Crippen molar-refractivity contribution in [2.45, 2.75) is 19.8 Å². The number of ether oxygens (including phenoxy) is 2. The van der Waals surface area contributed by atoms with E-state index >= 15 is 0 Å². The number of benzene rings is 1. The first-order valence-electron chi connectivity index (χ1n) is 6.89. The standard InChI is InChI=1S/C15H19NO4/c1-2-19-14(17)12-7-6-10-16(11-12)15(18)20-13-8-4-3-5-9-13/h3-5,8-9,12H,2,6-7,10-11H2,1H3/t12-/m1/s1. The van der Waals surface area contributed by atoms with Crippen LogP contribution in [0.1, 0.15) is 19.8 Å². The zero-order valence-corrected chi connectivity index (χ0v) is 11.6. The number of piperidine rings is 1. The minimum Gasteiger partial charge on any atom is -0.466 e. The third kappa shape index (κ3) is 3.73. The van der Waals surface area contributed by atoms with Crippen molar-refractivity contribution in [2.24, 2.45) is 5.92 Å². The fraction of sp³-hybridized carbons (Fsp3) is 0.467. The van der Waals surface area contributed by atoms with Crippen molar-refractivity contribution in [2.75, 3.05) is 19.7 Å². The molecule has 108 valence electrons. The third-order valence-electron chi connectivity index (χ3n) is 3.25. The van der Waals surface area contributed by atoms with Crippen LogP contribution in [0.5, 0.6) is 5.75 Å². The van der Waals surface area contributed by atoms with Crippen molar-refractivity contribution in [3.63, 3.8) is 0 Å². The van der Waals surface area contributed by atoms with Crippen molar-refractivity contribution in [3.8, 4) is 5.75 Å². The minimum atomic E-state index is -0.412. The van der Waals surface area contributed by atoms with Crippen LogP contribution >= 0.6 is 0 Å². The first-order valence-corrected chi connectivity index (χ1v) is 6.89. The summed E-state index contributed by atoms with van der Waals surface area (Å²) in [6, 6.07) is 8.92. The number of carbonyl (C=O) groups is 2. The summed E-state index contributed by atoms with van der Waals surface area (Å²) < 4.78 is 10.3. The second kappa shape index (κ2) is 6.93. The molecule has 0 aliphatic carbocycles. The van der Waals surface area contributed by atoms with E-state index in [4.69, 9.17) is 9.47 Å². The zero-order valence-electron chi connectivity index (χ0n) is 11.6. The molecule has 2 rings (SSSR count). The van der Waals surface area contributed by atoms with E-state index in [9.17, 15) is 9.59 Å². The molecule has 1 amide bonds. The Morgan fingerprint density at radius 1 is 1.30 bits per heavy atom. The van der Waals surface area contributed by atoms with E-state index in [0.717, 1.165) is 12.8 Å². The second-order valence-corrected chi connectivity index (χ2v) is 4.72. The molecule has 0 saturated carbocycles. The van der Waals surface area contributed by atoms with Crippen molar-refractivity contribution < 1.29 is 19.1 Å². The van der Waals surface area contributed by atoms with Gasteiger partial charge in [-0.25, -0.2) is 4.79 Å². The van der Waals surface area contributed by atoms with Crippen LogP contribution < -0.4 is 4.74 Å². The third-order valence-corrected chi connectivity index (χ3v) is 3.25. The highest BCUT2D eigenvalue weighted by atomic mass is 16.6. The number of carbonyl (C=O) groups excluding carboxylic acids is 2. The lowest BCUT2D eigenvalue weighted by molar-refractivity contribution is -0.149. The first-order chi connectivity index (χ1) is 9.70. The second-order valence-electron chi connectivity index (χ2n) is 4.72. The highest BCUT2D eigenvalue weighted by Gasteiger charge is 2.30. The molecule has 1 aromatic rings. The van der Waals surface area contributed by atoms with E-state index in [-0.39, 0.29) is 11.9 Å². The molecule has 1 aliphatic rings. The molecule has 20 heavy (non-hydrogen) atoms. The molecule has 1 saturated heterocycles. The maximum atomic E-state index is 12.0. The van der Waals surface area contributed by atoms with E-state index in [1.54, 1.807) is 36.1 Å². The van der Waals surface area contributed by atoms with Crippen LogP contribution in [0.3, 0.4) is 0 Å². The van der Waals surface area contributed by atoms with Gasteiger partial charge < -0.3 is 14.4 Å². The van der Waals surface area contributed by atoms with Crippen molar-refractivity contribution in [1.29, 1.82) is 0 Å². The smallest absolute Gasteiger partial charge is 0.415 e. The fourth-order valence-corrected chi connectivity index (χ4v) is 2.25. The van der Waals surface area contributed by atoms with Gasteiger partial charge in [0, 0.05) is 13.1 Å². The van der Waals surface area contributed by atoms with Crippen LogP contribution in [0, 0.1) is 5.92 Å². The van der Waals surface area contributed by atoms with E-state index in [1.165, 1.54) is 0 Å². The number of para-hydroxylation sites is 1. The Morgan fingerprint density at radius 3 is 2.75 bits per heavy atom. The Morgan fingerprint density at radius 2 is 2.05 bits per heavy atom.